The minimum Gasteiger partial charge on any atom is -0.497 e. The van der Waals surface area contributed by atoms with Gasteiger partial charge in [-0.15, -0.1) is 11.3 Å². The van der Waals surface area contributed by atoms with Gasteiger partial charge in [-0.2, -0.15) is 0 Å². The van der Waals surface area contributed by atoms with Crippen LogP contribution in [0.15, 0.2) is 38.9 Å². The minimum atomic E-state index is -0.656. The van der Waals surface area contributed by atoms with Crippen LogP contribution in [0.25, 0.3) is 10.8 Å². The second-order valence-electron chi connectivity index (χ2n) is 5.06. The fraction of sp³-hybridized carbons (Fsp3) is 0.176. The number of aromatic nitrogens is 1. The number of hydrogen-bond donors (Lipinski definition) is 1. The van der Waals surface area contributed by atoms with Gasteiger partial charge in [0.05, 0.1) is 19.1 Å². The van der Waals surface area contributed by atoms with E-state index in [1.165, 1.54) is 18.6 Å². The number of nitrogens with zero attached hydrogens (tertiary/aromatic N) is 1. The van der Waals surface area contributed by atoms with Crippen LogP contribution in [0.1, 0.15) is 28.0 Å². The lowest BCUT2D eigenvalue weighted by Crippen LogP contribution is -2.15. The zero-order valence-electron chi connectivity index (χ0n) is 13.9. The van der Waals surface area contributed by atoms with Crippen LogP contribution < -0.4 is 15.7 Å². The molecule has 0 saturated carbocycles. The molecule has 0 aliphatic heterocycles. The van der Waals surface area contributed by atoms with E-state index in [1.54, 1.807) is 25.1 Å². The number of hydrogen-bond acceptors (Lipinski definition) is 8. The highest BCUT2D eigenvalue weighted by molar-refractivity contribution is 7.14. The Morgan fingerprint density at radius 2 is 2.12 bits per heavy atom. The van der Waals surface area contributed by atoms with Crippen LogP contribution in [0.4, 0.5) is 5.13 Å². The monoisotopic (exact) mass is 374 g/mol. The van der Waals surface area contributed by atoms with E-state index in [4.69, 9.17) is 13.9 Å². The molecular formula is C17H14N2O6S. The first-order valence-corrected chi connectivity index (χ1v) is 8.45. The average molecular weight is 374 g/mol. The third kappa shape index (κ3) is 3.57. The van der Waals surface area contributed by atoms with Gasteiger partial charge < -0.3 is 13.9 Å². The van der Waals surface area contributed by atoms with Crippen LogP contribution in [0, 0.1) is 0 Å². The molecule has 0 atom stereocenters. The summed E-state index contributed by atoms with van der Waals surface area (Å²) >= 11 is 1.06. The number of fused-ring (bicyclic) bond motifs is 1. The van der Waals surface area contributed by atoms with Gasteiger partial charge in [0.1, 0.15) is 5.75 Å². The van der Waals surface area contributed by atoms with Crippen molar-refractivity contribution in [1.82, 2.24) is 4.98 Å². The Balaban J connectivity index is 1.86. The third-order valence-electron chi connectivity index (χ3n) is 3.40. The van der Waals surface area contributed by atoms with Crippen LogP contribution >= 0.6 is 11.3 Å². The van der Waals surface area contributed by atoms with Gasteiger partial charge in [0.15, 0.2) is 16.6 Å². The maximum absolute atomic E-state index is 12.3. The highest BCUT2D eigenvalue weighted by atomic mass is 32.1. The topological polar surface area (TPSA) is 108 Å². The molecule has 1 aromatic carbocycles. The van der Waals surface area contributed by atoms with Gasteiger partial charge in [-0.3, -0.25) is 10.1 Å². The predicted octanol–water partition coefficient (Wildman–Crippen LogP) is 2.69. The molecule has 0 aliphatic rings. The fourth-order valence-corrected chi connectivity index (χ4v) is 2.87. The quantitative estimate of drug-likeness (QED) is 0.684. The third-order valence-corrected chi connectivity index (χ3v) is 4.16. The van der Waals surface area contributed by atoms with E-state index in [0.29, 0.717) is 16.5 Å². The van der Waals surface area contributed by atoms with Gasteiger partial charge in [-0.1, -0.05) is 0 Å². The Bertz CT molecular complexity index is 1040. The van der Waals surface area contributed by atoms with Gasteiger partial charge in [-0.25, -0.2) is 14.6 Å². The normalized spacial score (nSPS) is 10.5. The molecule has 3 rings (SSSR count). The molecule has 1 amide bonds. The summed E-state index contributed by atoms with van der Waals surface area (Å²) in [6, 6.07) is 6.26. The van der Waals surface area contributed by atoms with Crippen molar-refractivity contribution in [3.05, 3.63) is 51.5 Å². The Labute approximate surface area is 151 Å². The number of carbonyl (C=O) groups is 2. The highest BCUT2D eigenvalue weighted by Gasteiger charge is 2.17. The van der Waals surface area contributed by atoms with Crippen molar-refractivity contribution >= 4 is 39.1 Å². The number of carbonyl (C=O) groups excluding carboxylic acids is 2. The summed E-state index contributed by atoms with van der Waals surface area (Å²) in [4.78, 5) is 40.0. The van der Waals surface area contributed by atoms with Crippen LogP contribution in [-0.2, 0) is 4.74 Å². The number of ether oxygens (including phenoxy) is 2. The van der Waals surface area contributed by atoms with Gasteiger partial charge >= 0.3 is 11.6 Å². The standard InChI is InChI=1S/C17H14N2O6S/c1-3-24-16(22)12-8-26-17(18-12)19-14(20)13-7-9-6-10(23-2)4-5-11(9)15(21)25-13/h4-8H,3H2,1-2H3,(H,18,19,20). The molecule has 134 valence electrons. The van der Waals surface area contributed by atoms with E-state index >= 15 is 0 Å². The minimum absolute atomic E-state index is 0.0943. The molecule has 0 bridgehead atoms. The Kier molecular flexibility index (Phi) is 4.99. The molecule has 0 saturated heterocycles. The second kappa shape index (κ2) is 7.36. The zero-order valence-corrected chi connectivity index (χ0v) is 14.7. The molecule has 0 spiro atoms. The molecule has 0 aliphatic carbocycles. The average Bonchev–Trinajstić information content (AvgIpc) is 3.10. The largest absolute Gasteiger partial charge is 0.497 e. The number of rotatable bonds is 5. The van der Waals surface area contributed by atoms with Crippen LogP contribution in [0.2, 0.25) is 0 Å². The molecule has 0 unspecified atom stereocenters. The van der Waals surface area contributed by atoms with Crippen molar-refractivity contribution in [3.63, 3.8) is 0 Å². The molecule has 9 heteroatoms. The number of methoxy groups -OCH3 is 1. The van der Waals surface area contributed by atoms with Gasteiger partial charge in [0, 0.05) is 5.38 Å². The smallest absolute Gasteiger partial charge is 0.357 e. The summed E-state index contributed by atoms with van der Waals surface area (Å²) in [6.07, 6.45) is 0. The van der Waals surface area contributed by atoms with E-state index in [0.717, 1.165) is 11.3 Å². The number of thiazole rings is 1. The van der Waals surface area contributed by atoms with Crippen molar-refractivity contribution in [1.29, 1.82) is 0 Å². The van der Waals surface area contributed by atoms with Crippen LogP contribution in [0.5, 0.6) is 5.75 Å². The molecule has 8 nitrogen and oxygen atoms in total. The maximum atomic E-state index is 12.3. The molecular weight excluding hydrogens is 360 g/mol. The highest BCUT2D eigenvalue weighted by Crippen LogP contribution is 2.21. The molecule has 2 heterocycles. The van der Waals surface area contributed by atoms with Gasteiger partial charge in [-0.05, 0) is 36.6 Å². The first kappa shape index (κ1) is 17.6. The number of anilines is 1. The number of amides is 1. The van der Waals surface area contributed by atoms with Crippen molar-refractivity contribution in [3.8, 4) is 5.75 Å². The molecule has 1 N–H and O–H groups in total. The van der Waals surface area contributed by atoms with Crippen molar-refractivity contribution < 1.29 is 23.5 Å². The molecule has 2 aromatic heterocycles. The van der Waals surface area contributed by atoms with Gasteiger partial charge in [0.2, 0.25) is 0 Å². The van der Waals surface area contributed by atoms with Crippen LogP contribution in [0.3, 0.4) is 0 Å². The SMILES string of the molecule is CCOC(=O)c1csc(NC(=O)c2cc3cc(OC)ccc3c(=O)o2)n1. The summed E-state index contributed by atoms with van der Waals surface area (Å²) in [5, 5.41) is 4.99. The summed E-state index contributed by atoms with van der Waals surface area (Å²) in [6.45, 7) is 1.91. The Hall–Kier alpha value is -3.20. The summed E-state index contributed by atoms with van der Waals surface area (Å²) < 4.78 is 15.0. The lowest BCUT2D eigenvalue weighted by molar-refractivity contribution is 0.0520. The van der Waals surface area contributed by atoms with E-state index < -0.39 is 17.5 Å². The Morgan fingerprint density at radius 3 is 2.85 bits per heavy atom. The zero-order chi connectivity index (χ0) is 18.7. The number of nitrogens with one attached hydrogen (secondary N) is 1. The Morgan fingerprint density at radius 1 is 1.31 bits per heavy atom. The molecule has 3 aromatic rings. The first-order valence-electron chi connectivity index (χ1n) is 7.57. The molecule has 0 radical (unpaired) electrons. The van der Waals surface area contributed by atoms with Crippen molar-refractivity contribution in [2.75, 3.05) is 19.0 Å². The second-order valence-corrected chi connectivity index (χ2v) is 5.92. The number of esters is 1. The van der Waals surface area contributed by atoms with E-state index in [-0.39, 0.29) is 23.2 Å². The number of benzene rings is 1. The van der Waals surface area contributed by atoms with Gasteiger partial charge in [0.25, 0.3) is 5.91 Å². The molecule has 0 fully saturated rings. The van der Waals surface area contributed by atoms with Crippen LogP contribution in [-0.4, -0.2) is 30.6 Å². The lowest BCUT2D eigenvalue weighted by atomic mass is 10.1. The van der Waals surface area contributed by atoms with Crippen molar-refractivity contribution in [2.24, 2.45) is 0 Å². The van der Waals surface area contributed by atoms with E-state index in [2.05, 4.69) is 10.3 Å². The maximum Gasteiger partial charge on any atom is 0.357 e. The van der Waals surface area contributed by atoms with E-state index in [1.807, 2.05) is 0 Å². The lowest BCUT2D eigenvalue weighted by Gasteiger charge is -2.04. The molecule has 26 heavy (non-hydrogen) atoms. The fourth-order valence-electron chi connectivity index (χ4n) is 2.20. The summed E-state index contributed by atoms with van der Waals surface area (Å²) in [5.41, 5.74) is -0.543. The van der Waals surface area contributed by atoms with E-state index in [9.17, 15) is 14.4 Å². The summed E-state index contributed by atoms with van der Waals surface area (Å²) in [5.74, 6) is -0.859. The van der Waals surface area contributed by atoms with Crippen molar-refractivity contribution in [2.45, 2.75) is 6.92 Å². The summed E-state index contributed by atoms with van der Waals surface area (Å²) in [7, 11) is 1.50. The predicted molar refractivity (Wildman–Crippen MR) is 95.1 cm³/mol. The first-order chi connectivity index (χ1) is 12.5.